The first-order chi connectivity index (χ1) is 12.0. The van der Waals surface area contributed by atoms with Crippen molar-refractivity contribution in [3.63, 3.8) is 0 Å². The van der Waals surface area contributed by atoms with E-state index in [1.54, 1.807) is 35.8 Å². The van der Waals surface area contributed by atoms with Crippen LogP contribution in [0.2, 0.25) is 0 Å². The number of aliphatic carboxylic acids is 1. The number of nitrogens with one attached hydrogen (secondary N) is 1. The van der Waals surface area contributed by atoms with Gasteiger partial charge < -0.3 is 5.11 Å². The summed E-state index contributed by atoms with van der Waals surface area (Å²) in [5, 5.41) is 12.3. The fourth-order valence-corrected chi connectivity index (χ4v) is 2.79. The van der Waals surface area contributed by atoms with Gasteiger partial charge in [-0.15, -0.1) is 0 Å². The summed E-state index contributed by atoms with van der Waals surface area (Å²) in [7, 11) is 0. The second-order valence-corrected chi connectivity index (χ2v) is 5.88. The van der Waals surface area contributed by atoms with Gasteiger partial charge in [0.1, 0.15) is 6.04 Å². The van der Waals surface area contributed by atoms with Crippen LogP contribution in [0.4, 0.5) is 5.95 Å². The van der Waals surface area contributed by atoms with E-state index in [-0.39, 0.29) is 11.9 Å². The molecule has 0 bridgehead atoms. The van der Waals surface area contributed by atoms with E-state index in [1.807, 2.05) is 31.2 Å². The number of para-hydroxylation sites is 2. The van der Waals surface area contributed by atoms with Crippen molar-refractivity contribution >= 4 is 28.9 Å². The lowest BCUT2D eigenvalue weighted by molar-refractivity contribution is -0.140. The number of carbonyl (C=O) groups is 2. The molecule has 3 rings (SSSR count). The van der Waals surface area contributed by atoms with Gasteiger partial charge in [-0.05, 0) is 37.6 Å². The van der Waals surface area contributed by atoms with Crippen LogP contribution < -0.4 is 5.32 Å². The molecule has 0 aliphatic heterocycles. The van der Waals surface area contributed by atoms with Crippen molar-refractivity contribution in [3.05, 3.63) is 59.7 Å². The summed E-state index contributed by atoms with van der Waals surface area (Å²) in [6.45, 7) is 3.74. The molecule has 0 radical (unpaired) electrons. The first-order valence-corrected chi connectivity index (χ1v) is 8.09. The normalized spacial score (nSPS) is 12.1. The number of imidazole rings is 1. The van der Waals surface area contributed by atoms with Gasteiger partial charge in [0, 0.05) is 5.56 Å². The van der Waals surface area contributed by atoms with Gasteiger partial charge in [-0.1, -0.05) is 36.8 Å². The number of carboxylic acids is 1. The van der Waals surface area contributed by atoms with Crippen molar-refractivity contribution in [1.29, 1.82) is 0 Å². The van der Waals surface area contributed by atoms with Crippen LogP contribution in [0.15, 0.2) is 48.5 Å². The predicted octanol–water partition coefficient (Wildman–Crippen LogP) is 3.63. The van der Waals surface area contributed by atoms with Gasteiger partial charge >= 0.3 is 5.97 Å². The Balaban J connectivity index is 2.04. The molecular formula is C19H19N3O3. The fourth-order valence-electron chi connectivity index (χ4n) is 2.79. The first kappa shape index (κ1) is 16.7. The Morgan fingerprint density at radius 2 is 1.84 bits per heavy atom. The molecule has 6 nitrogen and oxygen atoms in total. The highest BCUT2D eigenvalue weighted by molar-refractivity contribution is 6.04. The number of anilines is 1. The molecule has 1 heterocycles. The summed E-state index contributed by atoms with van der Waals surface area (Å²) in [5.41, 5.74) is 2.87. The fraction of sp³-hybridized carbons (Fsp3) is 0.211. The maximum atomic E-state index is 12.5. The summed E-state index contributed by atoms with van der Waals surface area (Å²) in [6.07, 6.45) is 0.378. The zero-order valence-electron chi connectivity index (χ0n) is 14.1. The first-order valence-electron chi connectivity index (χ1n) is 8.09. The van der Waals surface area contributed by atoms with Crippen LogP contribution in [0.25, 0.3) is 11.0 Å². The maximum Gasteiger partial charge on any atom is 0.326 e. The van der Waals surface area contributed by atoms with Gasteiger partial charge in [-0.3, -0.25) is 14.7 Å². The molecule has 1 aromatic heterocycles. The van der Waals surface area contributed by atoms with Gasteiger partial charge in [0.05, 0.1) is 11.0 Å². The topological polar surface area (TPSA) is 84.2 Å². The zero-order valence-corrected chi connectivity index (χ0v) is 14.1. The molecule has 0 saturated carbocycles. The number of aryl methyl sites for hydroxylation is 1. The van der Waals surface area contributed by atoms with Gasteiger partial charge in [0.2, 0.25) is 5.95 Å². The highest BCUT2D eigenvalue weighted by Gasteiger charge is 2.24. The lowest BCUT2D eigenvalue weighted by atomic mass is 10.1. The third-order valence-electron chi connectivity index (χ3n) is 4.12. The molecule has 1 atom stereocenters. The minimum atomic E-state index is -0.962. The molecule has 25 heavy (non-hydrogen) atoms. The van der Waals surface area contributed by atoms with E-state index in [0.717, 1.165) is 5.56 Å². The third kappa shape index (κ3) is 3.24. The Morgan fingerprint density at radius 1 is 1.16 bits per heavy atom. The van der Waals surface area contributed by atoms with Gasteiger partial charge in [-0.25, -0.2) is 9.78 Å². The Hall–Kier alpha value is -3.15. The van der Waals surface area contributed by atoms with Crippen LogP contribution in [0.5, 0.6) is 0 Å². The molecule has 1 amide bonds. The number of hydrogen-bond donors (Lipinski definition) is 2. The second kappa shape index (κ2) is 6.76. The van der Waals surface area contributed by atoms with E-state index < -0.39 is 12.0 Å². The summed E-state index contributed by atoms with van der Waals surface area (Å²) >= 11 is 0. The van der Waals surface area contributed by atoms with Crippen molar-refractivity contribution in [2.45, 2.75) is 26.3 Å². The minimum Gasteiger partial charge on any atom is -0.480 e. The van der Waals surface area contributed by atoms with E-state index in [0.29, 0.717) is 23.0 Å². The van der Waals surface area contributed by atoms with Gasteiger partial charge in [0.25, 0.3) is 5.91 Å². The molecule has 6 heteroatoms. The minimum absolute atomic E-state index is 0.237. The van der Waals surface area contributed by atoms with Crippen LogP contribution in [-0.4, -0.2) is 26.5 Å². The lowest BCUT2D eigenvalue weighted by Crippen LogP contribution is -2.22. The number of nitrogens with zero attached hydrogens (tertiary/aromatic N) is 2. The number of aromatic nitrogens is 2. The Morgan fingerprint density at radius 3 is 2.48 bits per heavy atom. The molecule has 2 N–H and O–H groups in total. The number of carbonyl (C=O) groups excluding carboxylic acids is 1. The molecule has 3 aromatic rings. The van der Waals surface area contributed by atoms with Crippen molar-refractivity contribution < 1.29 is 14.7 Å². The average Bonchev–Trinajstić information content (AvgIpc) is 2.94. The van der Waals surface area contributed by atoms with E-state index in [1.165, 1.54) is 0 Å². The summed E-state index contributed by atoms with van der Waals surface area (Å²) in [4.78, 5) is 28.6. The van der Waals surface area contributed by atoms with Gasteiger partial charge in [-0.2, -0.15) is 0 Å². The standard InChI is InChI=1S/C19H19N3O3/c1-3-15(18(24)25)22-16-7-5-4-6-14(16)20-19(22)21-17(23)13-10-8-12(2)9-11-13/h4-11,15H,3H2,1-2H3,(H,24,25)(H,20,21,23). The molecule has 1 unspecified atom stereocenters. The highest BCUT2D eigenvalue weighted by atomic mass is 16.4. The second-order valence-electron chi connectivity index (χ2n) is 5.88. The summed E-state index contributed by atoms with van der Waals surface area (Å²) < 4.78 is 1.57. The molecule has 0 saturated heterocycles. The monoisotopic (exact) mass is 337 g/mol. The number of rotatable bonds is 5. The Bertz CT molecular complexity index is 929. The molecular weight excluding hydrogens is 318 g/mol. The van der Waals surface area contributed by atoms with E-state index in [2.05, 4.69) is 10.3 Å². The van der Waals surface area contributed by atoms with Crippen molar-refractivity contribution in [3.8, 4) is 0 Å². The lowest BCUT2D eigenvalue weighted by Gasteiger charge is -2.16. The number of hydrogen-bond acceptors (Lipinski definition) is 3. The number of benzene rings is 2. The average molecular weight is 337 g/mol. The Kier molecular flexibility index (Phi) is 4.52. The predicted molar refractivity (Wildman–Crippen MR) is 95.8 cm³/mol. The van der Waals surface area contributed by atoms with Crippen LogP contribution in [0.1, 0.15) is 35.3 Å². The van der Waals surface area contributed by atoms with Crippen LogP contribution in [0, 0.1) is 6.92 Å². The largest absolute Gasteiger partial charge is 0.480 e. The van der Waals surface area contributed by atoms with Gasteiger partial charge in [0.15, 0.2) is 0 Å². The maximum absolute atomic E-state index is 12.5. The van der Waals surface area contributed by atoms with Crippen molar-refractivity contribution in [2.75, 3.05) is 5.32 Å². The number of amides is 1. The molecule has 0 spiro atoms. The van der Waals surface area contributed by atoms with E-state index in [4.69, 9.17) is 0 Å². The Labute approximate surface area is 145 Å². The summed E-state index contributed by atoms with van der Waals surface area (Å²) in [5.74, 6) is -1.05. The third-order valence-corrected chi connectivity index (χ3v) is 4.12. The van der Waals surface area contributed by atoms with Crippen LogP contribution in [-0.2, 0) is 4.79 Å². The quantitative estimate of drug-likeness (QED) is 0.744. The number of carboxylic acid groups (broad SMARTS) is 1. The van der Waals surface area contributed by atoms with Crippen LogP contribution in [0.3, 0.4) is 0 Å². The SMILES string of the molecule is CCC(C(=O)O)n1c(NC(=O)c2ccc(C)cc2)nc2ccccc21. The highest BCUT2D eigenvalue weighted by Crippen LogP contribution is 2.27. The smallest absolute Gasteiger partial charge is 0.326 e. The molecule has 2 aromatic carbocycles. The van der Waals surface area contributed by atoms with E-state index >= 15 is 0 Å². The van der Waals surface area contributed by atoms with Crippen LogP contribution >= 0.6 is 0 Å². The number of fused-ring (bicyclic) bond motifs is 1. The summed E-state index contributed by atoms with van der Waals surface area (Å²) in [6, 6.07) is 13.6. The zero-order chi connectivity index (χ0) is 18.0. The van der Waals surface area contributed by atoms with Crippen molar-refractivity contribution in [1.82, 2.24) is 9.55 Å². The molecule has 128 valence electrons. The molecule has 0 aliphatic carbocycles. The van der Waals surface area contributed by atoms with Crippen molar-refractivity contribution in [2.24, 2.45) is 0 Å². The molecule has 0 fully saturated rings. The molecule has 0 aliphatic rings. The van der Waals surface area contributed by atoms with E-state index in [9.17, 15) is 14.7 Å².